The molecule has 1 aliphatic rings. The minimum absolute atomic E-state index is 0.0772. The van der Waals surface area contributed by atoms with Crippen LogP contribution in [0.3, 0.4) is 0 Å². The Kier molecular flexibility index (Phi) is 6.75. The molecule has 1 heterocycles. The lowest BCUT2D eigenvalue weighted by atomic mass is 10.2. The van der Waals surface area contributed by atoms with Gasteiger partial charge in [-0.1, -0.05) is 18.2 Å². The van der Waals surface area contributed by atoms with Gasteiger partial charge in [0.1, 0.15) is 6.54 Å². The van der Waals surface area contributed by atoms with Crippen LogP contribution >= 0.6 is 0 Å². The van der Waals surface area contributed by atoms with Crippen molar-refractivity contribution in [1.29, 1.82) is 0 Å². The normalized spacial score (nSPS) is 21.3. The molecule has 1 fully saturated rings. The summed E-state index contributed by atoms with van der Waals surface area (Å²) in [6, 6.07) is 9.21. The molecule has 1 amide bonds. The number of rotatable bonds is 6. The number of ether oxygens (including phenoxy) is 2. The maximum Gasteiger partial charge on any atom is 0.326 e. The van der Waals surface area contributed by atoms with Gasteiger partial charge >= 0.3 is 5.97 Å². The zero-order valence-electron chi connectivity index (χ0n) is 14.6. The standard InChI is InChI=1S/C18H26N2O4/c1-4-23-18(22)13-20(16-8-6-5-7-9-16)17(21)12-19-10-14(2)24-15(3)11-19/h5-9,14-15H,4,10-13H2,1-3H3/t14-,15-/m1/s1. The molecule has 2 atom stereocenters. The molecular formula is C18H26N2O4. The molecular weight excluding hydrogens is 308 g/mol. The average molecular weight is 334 g/mol. The first-order valence-electron chi connectivity index (χ1n) is 8.38. The highest BCUT2D eigenvalue weighted by molar-refractivity contribution is 5.98. The molecule has 0 radical (unpaired) electrons. The van der Waals surface area contributed by atoms with Gasteiger partial charge in [-0.2, -0.15) is 0 Å². The van der Waals surface area contributed by atoms with Gasteiger partial charge in [0.2, 0.25) is 5.91 Å². The molecule has 0 unspecified atom stereocenters. The molecule has 6 nitrogen and oxygen atoms in total. The largest absolute Gasteiger partial charge is 0.465 e. The Labute approximate surface area is 143 Å². The van der Waals surface area contributed by atoms with E-state index in [1.54, 1.807) is 6.92 Å². The third kappa shape index (κ3) is 5.32. The van der Waals surface area contributed by atoms with Crippen LogP contribution < -0.4 is 4.90 Å². The average Bonchev–Trinajstić information content (AvgIpc) is 2.52. The van der Waals surface area contributed by atoms with Gasteiger partial charge in [0, 0.05) is 18.8 Å². The predicted octanol–water partition coefficient (Wildman–Crippen LogP) is 1.69. The van der Waals surface area contributed by atoms with E-state index in [0.29, 0.717) is 25.4 Å². The molecule has 0 saturated carbocycles. The lowest BCUT2D eigenvalue weighted by Crippen LogP contribution is -2.50. The number of hydrogen-bond acceptors (Lipinski definition) is 5. The lowest BCUT2D eigenvalue weighted by molar-refractivity contribution is -0.142. The zero-order chi connectivity index (χ0) is 17.5. The number of carbonyl (C=O) groups excluding carboxylic acids is 2. The van der Waals surface area contributed by atoms with E-state index in [1.165, 1.54) is 4.90 Å². The van der Waals surface area contributed by atoms with Crippen molar-refractivity contribution in [3.63, 3.8) is 0 Å². The molecule has 0 aliphatic carbocycles. The summed E-state index contributed by atoms with van der Waals surface area (Å²) in [6.07, 6.45) is 0.188. The third-order valence-corrected chi connectivity index (χ3v) is 3.82. The van der Waals surface area contributed by atoms with Crippen LogP contribution in [0.2, 0.25) is 0 Å². The fourth-order valence-corrected chi connectivity index (χ4v) is 2.96. The van der Waals surface area contributed by atoms with Gasteiger partial charge in [0.25, 0.3) is 0 Å². The molecule has 1 aliphatic heterocycles. The van der Waals surface area contributed by atoms with Crippen molar-refractivity contribution < 1.29 is 19.1 Å². The Bertz CT molecular complexity index is 539. The minimum atomic E-state index is -0.404. The molecule has 1 aromatic carbocycles. The highest BCUT2D eigenvalue weighted by atomic mass is 16.5. The molecule has 24 heavy (non-hydrogen) atoms. The Morgan fingerprint density at radius 2 is 1.83 bits per heavy atom. The number of carbonyl (C=O) groups is 2. The second kappa shape index (κ2) is 8.80. The Balaban J connectivity index is 2.08. The van der Waals surface area contributed by atoms with E-state index >= 15 is 0 Å². The van der Waals surface area contributed by atoms with Crippen molar-refractivity contribution in [2.45, 2.75) is 33.0 Å². The fourth-order valence-electron chi connectivity index (χ4n) is 2.96. The van der Waals surface area contributed by atoms with Crippen LogP contribution in [0.5, 0.6) is 0 Å². The number of para-hydroxylation sites is 1. The van der Waals surface area contributed by atoms with E-state index in [2.05, 4.69) is 4.90 Å². The van der Waals surface area contributed by atoms with Gasteiger partial charge in [-0.25, -0.2) is 0 Å². The van der Waals surface area contributed by atoms with Gasteiger partial charge in [-0.15, -0.1) is 0 Å². The maximum atomic E-state index is 12.8. The van der Waals surface area contributed by atoms with Crippen LogP contribution in [0, 0.1) is 0 Å². The summed E-state index contributed by atoms with van der Waals surface area (Å²) in [6.45, 7) is 7.65. The summed E-state index contributed by atoms with van der Waals surface area (Å²) in [7, 11) is 0. The van der Waals surface area contributed by atoms with E-state index in [1.807, 2.05) is 44.2 Å². The maximum absolute atomic E-state index is 12.8. The van der Waals surface area contributed by atoms with Crippen molar-refractivity contribution in [3.05, 3.63) is 30.3 Å². The molecule has 6 heteroatoms. The summed E-state index contributed by atoms with van der Waals surface area (Å²) < 4.78 is 10.7. The summed E-state index contributed by atoms with van der Waals surface area (Å²) in [5, 5.41) is 0. The van der Waals surface area contributed by atoms with Crippen molar-refractivity contribution >= 4 is 17.6 Å². The molecule has 0 spiro atoms. The number of amides is 1. The van der Waals surface area contributed by atoms with Crippen LogP contribution in [0.15, 0.2) is 30.3 Å². The SMILES string of the molecule is CCOC(=O)CN(C(=O)CN1C[C@@H](C)O[C@H](C)C1)c1ccccc1. The van der Waals surface area contributed by atoms with Crippen LogP contribution in [0.4, 0.5) is 5.69 Å². The number of anilines is 1. The van der Waals surface area contributed by atoms with E-state index in [0.717, 1.165) is 0 Å². The summed E-state index contributed by atoms with van der Waals surface area (Å²) in [5.41, 5.74) is 0.699. The number of morpholine rings is 1. The first kappa shape index (κ1) is 18.4. The number of nitrogens with zero attached hydrogens (tertiary/aromatic N) is 2. The third-order valence-electron chi connectivity index (χ3n) is 3.82. The van der Waals surface area contributed by atoms with Crippen molar-refractivity contribution in [1.82, 2.24) is 4.90 Å². The Morgan fingerprint density at radius 1 is 1.21 bits per heavy atom. The highest BCUT2D eigenvalue weighted by Crippen LogP contribution is 2.16. The monoisotopic (exact) mass is 334 g/mol. The zero-order valence-corrected chi connectivity index (χ0v) is 14.6. The Morgan fingerprint density at radius 3 is 2.42 bits per heavy atom. The van der Waals surface area contributed by atoms with E-state index in [-0.39, 0.29) is 31.2 Å². The molecule has 132 valence electrons. The second-order valence-electron chi connectivity index (χ2n) is 6.07. The van der Waals surface area contributed by atoms with Crippen LogP contribution in [-0.2, 0) is 19.1 Å². The van der Waals surface area contributed by atoms with Crippen molar-refractivity contribution in [2.75, 3.05) is 37.7 Å². The second-order valence-corrected chi connectivity index (χ2v) is 6.07. The fraction of sp³-hybridized carbons (Fsp3) is 0.556. The van der Waals surface area contributed by atoms with Gasteiger partial charge in [0.05, 0.1) is 25.4 Å². The summed E-state index contributed by atoms with van der Waals surface area (Å²) in [4.78, 5) is 28.2. The Hall–Kier alpha value is -1.92. The molecule has 2 rings (SSSR count). The summed E-state index contributed by atoms with van der Waals surface area (Å²) >= 11 is 0. The molecule has 1 saturated heterocycles. The number of esters is 1. The quantitative estimate of drug-likeness (QED) is 0.741. The molecule has 0 N–H and O–H groups in total. The number of benzene rings is 1. The number of hydrogen-bond donors (Lipinski definition) is 0. The predicted molar refractivity (Wildman–Crippen MR) is 91.9 cm³/mol. The molecule has 0 aromatic heterocycles. The topological polar surface area (TPSA) is 59.1 Å². The minimum Gasteiger partial charge on any atom is -0.465 e. The molecule has 0 bridgehead atoms. The van der Waals surface area contributed by atoms with E-state index < -0.39 is 5.97 Å². The van der Waals surface area contributed by atoms with Gasteiger partial charge in [-0.3, -0.25) is 14.5 Å². The van der Waals surface area contributed by atoms with E-state index in [9.17, 15) is 9.59 Å². The van der Waals surface area contributed by atoms with E-state index in [4.69, 9.17) is 9.47 Å². The highest BCUT2D eigenvalue weighted by Gasteiger charge is 2.27. The molecule has 1 aromatic rings. The van der Waals surface area contributed by atoms with Crippen LogP contribution in [0.25, 0.3) is 0 Å². The first-order valence-corrected chi connectivity index (χ1v) is 8.38. The van der Waals surface area contributed by atoms with Crippen LogP contribution in [-0.4, -0.2) is 61.8 Å². The summed E-state index contributed by atoms with van der Waals surface area (Å²) in [5.74, 6) is -0.519. The van der Waals surface area contributed by atoms with Crippen molar-refractivity contribution in [2.24, 2.45) is 0 Å². The van der Waals surface area contributed by atoms with Gasteiger partial charge < -0.3 is 14.4 Å². The smallest absolute Gasteiger partial charge is 0.326 e. The van der Waals surface area contributed by atoms with Crippen molar-refractivity contribution in [3.8, 4) is 0 Å². The lowest BCUT2D eigenvalue weighted by Gasteiger charge is -2.35. The first-order chi connectivity index (χ1) is 11.5. The van der Waals surface area contributed by atoms with Crippen LogP contribution in [0.1, 0.15) is 20.8 Å². The van der Waals surface area contributed by atoms with Gasteiger partial charge in [0.15, 0.2) is 0 Å². The van der Waals surface area contributed by atoms with Gasteiger partial charge in [-0.05, 0) is 32.9 Å².